The maximum atomic E-state index is 12.2. The number of carbonyl (C=O) groups is 1. The number of nitrogens with one attached hydrogen (secondary N) is 2. The third-order valence-electron chi connectivity index (χ3n) is 3.84. The van der Waals surface area contributed by atoms with Crippen LogP contribution in [-0.2, 0) is 11.3 Å². The van der Waals surface area contributed by atoms with Gasteiger partial charge in [0, 0.05) is 12.2 Å². The molecular weight excluding hydrogens is 357 g/mol. The number of rotatable bonds is 7. The topological polar surface area (TPSA) is 67.2 Å². The van der Waals surface area contributed by atoms with Crippen molar-refractivity contribution < 1.29 is 4.79 Å². The van der Waals surface area contributed by atoms with Crippen molar-refractivity contribution in [2.75, 3.05) is 10.6 Å². The van der Waals surface area contributed by atoms with Crippen molar-refractivity contribution in [1.82, 2.24) is 0 Å². The maximum absolute atomic E-state index is 12.2. The fourth-order valence-corrected chi connectivity index (χ4v) is 2.68. The van der Waals surface area contributed by atoms with Crippen LogP contribution in [0.1, 0.15) is 32.3 Å². The molecule has 0 saturated carbocycles. The molecule has 0 saturated heterocycles. The molecule has 0 heterocycles. The van der Waals surface area contributed by atoms with Crippen LogP contribution in [0.2, 0.25) is 5.02 Å². The number of halogens is 2. The van der Waals surface area contributed by atoms with Gasteiger partial charge in [0.1, 0.15) is 0 Å². The first-order chi connectivity index (χ1) is 11.4. The van der Waals surface area contributed by atoms with E-state index in [-0.39, 0.29) is 18.3 Å². The molecule has 2 aromatic carbocycles. The van der Waals surface area contributed by atoms with Crippen molar-refractivity contribution in [2.24, 2.45) is 5.73 Å². The number of hydrogen-bond donors (Lipinski definition) is 3. The summed E-state index contributed by atoms with van der Waals surface area (Å²) < 4.78 is 0. The Hall–Kier alpha value is -1.75. The monoisotopic (exact) mass is 381 g/mol. The van der Waals surface area contributed by atoms with Gasteiger partial charge in [0.05, 0.1) is 16.2 Å². The van der Waals surface area contributed by atoms with Crippen molar-refractivity contribution in [3.8, 4) is 0 Å². The van der Waals surface area contributed by atoms with Crippen LogP contribution in [0.15, 0.2) is 48.5 Å². The molecule has 0 spiro atoms. The van der Waals surface area contributed by atoms with Crippen molar-refractivity contribution in [3.63, 3.8) is 0 Å². The van der Waals surface area contributed by atoms with E-state index < -0.39 is 5.54 Å². The zero-order valence-corrected chi connectivity index (χ0v) is 16.1. The molecule has 0 radical (unpaired) electrons. The summed E-state index contributed by atoms with van der Waals surface area (Å²) in [6.07, 6.45) is 1.48. The Bertz CT molecular complexity index is 690. The molecule has 4 N–H and O–H groups in total. The van der Waals surface area contributed by atoms with Crippen LogP contribution in [0, 0.1) is 0 Å². The van der Waals surface area contributed by atoms with Crippen molar-refractivity contribution in [1.29, 1.82) is 0 Å². The maximum Gasteiger partial charge on any atom is 0.244 e. The Kier molecular flexibility index (Phi) is 8.23. The molecule has 6 heteroatoms. The van der Waals surface area contributed by atoms with Crippen LogP contribution < -0.4 is 16.4 Å². The summed E-state index contributed by atoms with van der Waals surface area (Å²) in [7, 11) is 0. The van der Waals surface area contributed by atoms with Gasteiger partial charge in [-0.25, -0.2) is 0 Å². The van der Waals surface area contributed by atoms with E-state index in [0.29, 0.717) is 23.7 Å². The standard InChI is InChI=1S/C19H24ClN3O.ClH/c1-3-11-19(2,21)18(24)23-15-9-10-17(16(20)12-15)22-13-14-7-5-4-6-8-14;/h4-10,12,22H,3,11,13,21H2,1-2H3,(H,23,24);1H. The minimum atomic E-state index is -0.883. The van der Waals surface area contributed by atoms with Gasteiger partial charge in [0.2, 0.25) is 5.91 Å². The molecule has 0 fully saturated rings. The second kappa shape index (κ2) is 9.66. The summed E-state index contributed by atoms with van der Waals surface area (Å²) in [5.41, 5.74) is 7.79. The first-order valence-corrected chi connectivity index (χ1v) is 8.48. The highest BCUT2D eigenvalue weighted by molar-refractivity contribution is 6.33. The fraction of sp³-hybridized carbons (Fsp3) is 0.316. The van der Waals surface area contributed by atoms with Gasteiger partial charge in [-0.05, 0) is 37.1 Å². The molecule has 4 nitrogen and oxygen atoms in total. The molecular formula is C19H25Cl2N3O. The Balaban J connectivity index is 0.00000312. The summed E-state index contributed by atoms with van der Waals surface area (Å²) >= 11 is 6.31. The average molecular weight is 382 g/mol. The van der Waals surface area contributed by atoms with Crippen molar-refractivity contribution in [2.45, 2.75) is 38.8 Å². The minimum absolute atomic E-state index is 0. The Morgan fingerprint density at radius 3 is 2.48 bits per heavy atom. The number of benzene rings is 2. The average Bonchev–Trinajstić information content (AvgIpc) is 2.55. The molecule has 2 aromatic rings. The zero-order valence-electron chi connectivity index (χ0n) is 14.5. The van der Waals surface area contributed by atoms with E-state index in [4.69, 9.17) is 17.3 Å². The van der Waals surface area contributed by atoms with Gasteiger partial charge in [-0.3, -0.25) is 4.79 Å². The van der Waals surface area contributed by atoms with Crippen LogP contribution >= 0.6 is 24.0 Å². The third-order valence-corrected chi connectivity index (χ3v) is 4.15. The first-order valence-electron chi connectivity index (χ1n) is 8.10. The SMILES string of the molecule is CCCC(C)(N)C(=O)Nc1ccc(NCc2ccccc2)c(Cl)c1.Cl. The van der Waals surface area contributed by atoms with E-state index in [1.165, 1.54) is 5.56 Å². The van der Waals surface area contributed by atoms with Crippen LogP contribution in [0.3, 0.4) is 0 Å². The molecule has 0 aliphatic rings. The van der Waals surface area contributed by atoms with Gasteiger partial charge in [-0.1, -0.05) is 55.3 Å². The predicted octanol–water partition coefficient (Wildman–Crippen LogP) is 4.83. The lowest BCUT2D eigenvalue weighted by atomic mass is 9.96. The molecule has 136 valence electrons. The van der Waals surface area contributed by atoms with Crippen molar-refractivity contribution in [3.05, 3.63) is 59.1 Å². The van der Waals surface area contributed by atoms with E-state index in [9.17, 15) is 4.79 Å². The van der Waals surface area contributed by atoms with E-state index in [2.05, 4.69) is 10.6 Å². The smallest absolute Gasteiger partial charge is 0.244 e. The largest absolute Gasteiger partial charge is 0.380 e. The number of amides is 1. The molecule has 1 atom stereocenters. The van der Waals surface area contributed by atoms with E-state index in [1.54, 1.807) is 13.0 Å². The van der Waals surface area contributed by atoms with E-state index in [0.717, 1.165) is 12.1 Å². The lowest BCUT2D eigenvalue weighted by Gasteiger charge is -2.23. The quantitative estimate of drug-likeness (QED) is 0.643. The Morgan fingerprint density at radius 1 is 1.20 bits per heavy atom. The molecule has 25 heavy (non-hydrogen) atoms. The molecule has 0 aliphatic carbocycles. The van der Waals surface area contributed by atoms with Crippen LogP contribution in [0.4, 0.5) is 11.4 Å². The third kappa shape index (κ3) is 6.24. The Morgan fingerprint density at radius 2 is 1.88 bits per heavy atom. The van der Waals surface area contributed by atoms with E-state index >= 15 is 0 Å². The number of carbonyl (C=O) groups excluding carboxylic acids is 1. The van der Waals surface area contributed by atoms with Gasteiger partial charge in [0.25, 0.3) is 0 Å². The summed E-state index contributed by atoms with van der Waals surface area (Å²) in [5.74, 6) is -0.203. The number of nitrogens with two attached hydrogens (primary N) is 1. The first kappa shape index (κ1) is 21.3. The van der Waals surface area contributed by atoms with Crippen molar-refractivity contribution >= 4 is 41.3 Å². The second-order valence-electron chi connectivity index (χ2n) is 6.16. The fourth-order valence-electron chi connectivity index (χ4n) is 2.44. The summed E-state index contributed by atoms with van der Waals surface area (Å²) in [4.78, 5) is 12.2. The molecule has 1 amide bonds. The van der Waals surface area contributed by atoms with Gasteiger partial charge in [0.15, 0.2) is 0 Å². The van der Waals surface area contributed by atoms with Gasteiger partial charge < -0.3 is 16.4 Å². The second-order valence-corrected chi connectivity index (χ2v) is 6.56. The Labute approximate surface area is 160 Å². The number of anilines is 2. The predicted molar refractivity (Wildman–Crippen MR) is 109 cm³/mol. The summed E-state index contributed by atoms with van der Waals surface area (Å²) in [5, 5.41) is 6.68. The number of hydrogen-bond acceptors (Lipinski definition) is 3. The normalized spacial score (nSPS) is 12.6. The highest BCUT2D eigenvalue weighted by Crippen LogP contribution is 2.26. The highest BCUT2D eigenvalue weighted by Gasteiger charge is 2.27. The molecule has 0 aromatic heterocycles. The van der Waals surface area contributed by atoms with Gasteiger partial charge >= 0.3 is 0 Å². The molecule has 0 bridgehead atoms. The molecule has 1 unspecified atom stereocenters. The van der Waals surface area contributed by atoms with Gasteiger partial charge in [-0.15, -0.1) is 12.4 Å². The van der Waals surface area contributed by atoms with E-state index in [1.807, 2.05) is 49.4 Å². The van der Waals surface area contributed by atoms with Crippen LogP contribution in [-0.4, -0.2) is 11.4 Å². The van der Waals surface area contributed by atoms with Crippen LogP contribution in [0.25, 0.3) is 0 Å². The lowest BCUT2D eigenvalue weighted by Crippen LogP contribution is -2.48. The highest BCUT2D eigenvalue weighted by atomic mass is 35.5. The molecule has 2 rings (SSSR count). The summed E-state index contributed by atoms with van der Waals surface area (Å²) in [6.45, 7) is 4.43. The minimum Gasteiger partial charge on any atom is -0.380 e. The lowest BCUT2D eigenvalue weighted by molar-refractivity contribution is -0.120. The summed E-state index contributed by atoms with van der Waals surface area (Å²) in [6, 6.07) is 15.5. The zero-order chi connectivity index (χ0) is 17.6. The molecule has 0 aliphatic heterocycles. The van der Waals surface area contributed by atoms with Gasteiger partial charge in [-0.2, -0.15) is 0 Å². The van der Waals surface area contributed by atoms with Crippen LogP contribution in [0.5, 0.6) is 0 Å².